The van der Waals surface area contributed by atoms with Crippen molar-refractivity contribution in [2.75, 3.05) is 6.54 Å². The van der Waals surface area contributed by atoms with Crippen LogP contribution in [0.4, 0.5) is 4.79 Å². The maximum atomic E-state index is 10.9. The van der Waals surface area contributed by atoms with E-state index in [1.807, 2.05) is 20.8 Å². The first-order valence-electron chi connectivity index (χ1n) is 4.83. The number of nitrogens with zero attached hydrogens (tertiary/aromatic N) is 1. The highest BCUT2D eigenvalue weighted by Gasteiger charge is 2.43. The van der Waals surface area contributed by atoms with Gasteiger partial charge in [0.15, 0.2) is 0 Å². The van der Waals surface area contributed by atoms with E-state index < -0.39 is 6.09 Å². The molecule has 1 unspecified atom stereocenters. The molecule has 1 N–H and O–H groups in total. The minimum atomic E-state index is -0.922. The van der Waals surface area contributed by atoms with Crippen LogP contribution in [0.25, 0.3) is 0 Å². The molecule has 1 aliphatic heterocycles. The number of likely N-dealkylation sites (tertiary alicyclic amines) is 1. The van der Waals surface area contributed by atoms with E-state index in [-0.39, 0.29) is 17.4 Å². The summed E-state index contributed by atoms with van der Waals surface area (Å²) in [5.41, 5.74) is -0.180. The van der Waals surface area contributed by atoms with Crippen LogP contribution in [0, 0.1) is 11.3 Å². The first-order valence-corrected chi connectivity index (χ1v) is 4.83. The monoisotopic (exact) mass is 199 g/mol. The maximum absolute atomic E-state index is 10.9. The Morgan fingerprint density at radius 3 is 2.43 bits per heavy atom. The average Bonchev–Trinajstić information content (AvgIpc) is 2.45. The number of amides is 1. The van der Waals surface area contributed by atoms with Gasteiger partial charge in [0.05, 0.1) is 0 Å². The Balaban J connectivity index is 2.91. The van der Waals surface area contributed by atoms with Gasteiger partial charge in [0, 0.05) is 18.5 Å². The molecule has 0 aliphatic carbocycles. The fourth-order valence-electron chi connectivity index (χ4n) is 2.28. The Bertz CT molecular complexity index is 244. The third-order valence-electron chi connectivity index (χ3n) is 2.75. The van der Waals surface area contributed by atoms with Crippen LogP contribution in [-0.2, 0) is 4.79 Å². The lowest BCUT2D eigenvalue weighted by atomic mass is 9.80. The summed E-state index contributed by atoms with van der Waals surface area (Å²) in [7, 11) is 0. The fourth-order valence-corrected chi connectivity index (χ4v) is 2.28. The van der Waals surface area contributed by atoms with Gasteiger partial charge in [0.2, 0.25) is 0 Å². The van der Waals surface area contributed by atoms with Crippen LogP contribution in [0.15, 0.2) is 0 Å². The van der Waals surface area contributed by atoms with Gasteiger partial charge in [-0.2, -0.15) is 0 Å². The maximum Gasteiger partial charge on any atom is 0.407 e. The molecule has 0 bridgehead atoms. The van der Waals surface area contributed by atoms with Crippen molar-refractivity contribution in [2.45, 2.75) is 33.2 Å². The molecule has 0 aromatic heterocycles. The van der Waals surface area contributed by atoms with Crippen molar-refractivity contribution in [3.05, 3.63) is 0 Å². The Kier molecular flexibility index (Phi) is 2.83. The lowest BCUT2D eigenvalue weighted by molar-refractivity contribution is -0.112. The van der Waals surface area contributed by atoms with Crippen LogP contribution < -0.4 is 0 Å². The molecule has 80 valence electrons. The van der Waals surface area contributed by atoms with Crippen molar-refractivity contribution in [1.29, 1.82) is 0 Å². The highest BCUT2D eigenvalue weighted by molar-refractivity contribution is 5.68. The van der Waals surface area contributed by atoms with Crippen molar-refractivity contribution >= 4 is 12.4 Å². The van der Waals surface area contributed by atoms with Gasteiger partial charge in [0.1, 0.15) is 6.29 Å². The van der Waals surface area contributed by atoms with Crippen LogP contribution in [0.1, 0.15) is 27.2 Å². The second-order valence-corrected chi connectivity index (χ2v) is 4.88. The SMILES string of the molecule is CC(C)(C)[C@@H]1C(C=O)CCN1C(=O)O. The lowest BCUT2D eigenvalue weighted by Crippen LogP contribution is -2.45. The van der Waals surface area contributed by atoms with E-state index in [1.165, 1.54) is 4.90 Å². The third kappa shape index (κ3) is 1.89. The minimum Gasteiger partial charge on any atom is -0.465 e. The molecule has 0 saturated carbocycles. The second kappa shape index (κ2) is 3.59. The molecular formula is C10H17NO3. The number of hydrogen-bond donors (Lipinski definition) is 1. The topological polar surface area (TPSA) is 57.6 Å². The number of carbonyl (C=O) groups is 2. The van der Waals surface area contributed by atoms with E-state index in [4.69, 9.17) is 5.11 Å². The third-order valence-corrected chi connectivity index (χ3v) is 2.75. The second-order valence-electron chi connectivity index (χ2n) is 4.88. The normalized spacial score (nSPS) is 27.8. The minimum absolute atomic E-state index is 0.147. The zero-order valence-corrected chi connectivity index (χ0v) is 8.86. The predicted molar refractivity (Wildman–Crippen MR) is 52.1 cm³/mol. The van der Waals surface area contributed by atoms with E-state index >= 15 is 0 Å². The smallest absolute Gasteiger partial charge is 0.407 e. The highest BCUT2D eigenvalue weighted by atomic mass is 16.4. The molecule has 4 heteroatoms. The Morgan fingerprint density at radius 2 is 2.07 bits per heavy atom. The van der Waals surface area contributed by atoms with Gasteiger partial charge in [-0.3, -0.25) is 0 Å². The van der Waals surface area contributed by atoms with E-state index in [0.29, 0.717) is 13.0 Å². The number of aldehydes is 1. The predicted octanol–water partition coefficient (Wildman–Crippen LogP) is 1.60. The molecule has 1 amide bonds. The number of carboxylic acid groups (broad SMARTS) is 1. The van der Waals surface area contributed by atoms with Crippen LogP contribution >= 0.6 is 0 Å². The fraction of sp³-hybridized carbons (Fsp3) is 0.800. The average molecular weight is 199 g/mol. The molecule has 0 radical (unpaired) electrons. The largest absolute Gasteiger partial charge is 0.465 e. The number of carbonyl (C=O) groups excluding carboxylic acids is 1. The van der Waals surface area contributed by atoms with E-state index in [1.54, 1.807) is 0 Å². The Morgan fingerprint density at radius 1 is 1.50 bits per heavy atom. The van der Waals surface area contributed by atoms with E-state index in [9.17, 15) is 9.59 Å². The molecule has 4 nitrogen and oxygen atoms in total. The van der Waals surface area contributed by atoms with Gasteiger partial charge in [-0.1, -0.05) is 20.8 Å². The number of rotatable bonds is 1. The summed E-state index contributed by atoms with van der Waals surface area (Å²) >= 11 is 0. The Hall–Kier alpha value is -1.06. The zero-order valence-electron chi connectivity index (χ0n) is 8.86. The first-order chi connectivity index (χ1) is 6.38. The molecular weight excluding hydrogens is 182 g/mol. The van der Waals surface area contributed by atoms with Gasteiger partial charge in [0.25, 0.3) is 0 Å². The molecule has 0 aromatic carbocycles. The van der Waals surface area contributed by atoms with Gasteiger partial charge in [-0.05, 0) is 11.8 Å². The van der Waals surface area contributed by atoms with Crippen LogP contribution in [-0.4, -0.2) is 35.0 Å². The Labute approximate surface area is 83.9 Å². The van der Waals surface area contributed by atoms with Crippen molar-refractivity contribution in [1.82, 2.24) is 4.90 Å². The van der Waals surface area contributed by atoms with E-state index in [0.717, 1.165) is 6.29 Å². The van der Waals surface area contributed by atoms with Crippen molar-refractivity contribution in [2.24, 2.45) is 11.3 Å². The quantitative estimate of drug-likeness (QED) is 0.652. The van der Waals surface area contributed by atoms with Gasteiger partial charge in [-0.25, -0.2) is 4.79 Å². The van der Waals surface area contributed by atoms with E-state index in [2.05, 4.69) is 0 Å². The highest BCUT2D eigenvalue weighted by Crippen LogP contribution is 2.35. The zero-order chi connectivity index (χ0) is 10.9. The summed E-state index contributed by atoms with van der Waals surface area (Å²) in [5, 5.41) is 8.97. The van der Waals surface area contributed by atoms with Gasteiger partial charge >= 0.3 is 6.09 Å². The summed E-state index contributed by atoms with van der Waals surface area (Å²) < 4.78 is 0. The summed E-state index contributed by atoms with van der Waals surface area (Å²) in [5.74, 6) is -0.147. The summed E-state index contributed by atoms with van der Waals surface area (Å²) in [6.07, 6.45) is 0.616. The molecule has 1 fully saturated rings. The van der Waals surface area contributed by atoms with Crippen LogP contribution in [0.5, 0.6) is 0 Å². The summed E-state index contributed by atoms with van der Waals surface area (Å²) in [4.78, 5) is 23.1. The molecule has 0 spiro atoms. The number of hydrogen-bond acceptors (Lipinski definition) is 2. The molecule has 1 rings (SSSR count). The molecule has 1 heterocycles. The summed E-state index contributed by atoms with van der Waals surface area (Å²) in [6, 6.07) is -0.183. The molecule has 14 heavy (non-hydrogen) atoms. The molecule has 1 saturated heterocycles. The van der Waals surface area contributed by atoms with Crippen molar-refractivity contribution < 1.29 is 14.7 Å². The first kappa shape index (κ1) is 11.0. The molecule has 1 aliphatic rings. The van der Waals surface area contributed by atoms with Crippen LogP contribution in [0.2, 0.25) is 0 Å². The molecule has 0 aromatic rings. The lowest BCUT2D eigenvalue weighted by Gasteiger charge is -2.35. The van der Waals surface area contributed by atoms with Gasteiger partial charge < -0.3 is 14.8 Å². The van der Waals surface area contributed by atoms with Crippen LogP contribution in [0.3, 0.4) is 0 Å². The van der Waals surface area contributed by atoms with Crippen molar-refractivity contribution in [3.8, 4) is 0 Å². The molecule has 2 atom stereocenters. The summed E-state index contributed by atoms with van der Waals surface area (Å²) in [6.45, 7) is 6.38. The van der Waals surface area contributed by atoms with Crippen molar-refractivity contribution in [3.63, 3.8) is 0 Å². The standard InChI is InChI=1S/C10H17NO3/c1-10(2,3)8-7(6-12)4-5-11(8)9(13)14/h6-8H,4-5H2,1-3H3,(H,13,14)/t7?,8-/m0/s1. The van der Waals surface area contributed by atoms with Gasteiger partial charge in [-0.15, -0.1) is 0 Å².